The van der Waals surface area contributed by atoms with Gasteiger partial charge in [-0.3, -0.25) is 0 Å². The van der Waals surface area contributed by atoms with Crippen molar-refractivity contribution in [2.24, 2.45) is 0 Å². The van der Waals surface area contributed by atoms with Gasteiger partial charge in [0.1, 0.15) is 15.6 Å². The maximum Gasteiger partial charge on any atom is 0.261 e. The van der Waals surface area contributed by atoms with Crippen LogP contribution in [0.15, 0.2) is 23.1 Å². The molecule has 9 heteroatoms. The number of ether oxygens (including phenoxy) is 1. The molecule has 0 saturated carbocycles. The Balaban J connectivity index is 2.62. The fraction of sp³-hybridized carbons (Fsp3) is 0.455. The average Bonchev–Trinajstić information content (AvgIpc) is 2.35. The number of sulfone groups is 1. The Morgan fingerprint density at radius 3 is 2.35 bits per heavy atom. The van der Waals surface area contributed by atoms with Crippen LogP contribution in [0.5, 0.6) is 5.75 Å². The molecule has 0 aliphatic rings. The lowest BCUT2D eigenvalue weighted by Crippen LogP contribution is -2.11. The molecular formula is C11H14Cl2O5S2. The van der Waals surface area contributed by atoms with Crippen molar-refractivity contribution in [1.82, 2.24) is 0 Å². The summed E-state index contributed by atoms with van der Waals surface area (Å²) in [6.07, 6.45) is 0.335. The van der Waals surface area contributed by atoms with E-state index in [1.807, 2.05) is 0 Å². The smallest absolute Gasteiger partial charge is 0.261 e. The van der Waals surface area contributed by atoms with E-state index in [1.165, 1.54) is 18.2 Å². The number of halogens is 2. The summed E-state index contributed by atoms with van der Waals surface area (Å²) in [5, 5.41) is 0.102. The lowest BCUT2D eigenvalue weighted by Gasteiger charge is -2.08. The van der Waals surface area contributed by atoms with Crippen LogP contribution < -0.4 is 4.74 Å². The lowest BCUT2D eigenvalue weighted by molar-refractivity contribution is 0.317. The van der Waals surface area contributed by atoms with Crippen molar-refractivity contribution in [3.05, 3.63) is 23.2 Å². The van der Waals surface area contributed by atoms with E-state index >= 15 is 0 Å². The second-order valence-corrected chi connectivity index (χ2v) is 9.41. The Labute approximate surface area is 128 Å². The van der Waals surface area contributed by atoms with Crippen LogP contribution in [0.3, 0.4) is 0 Å². The van der Waals surface area contributed by atoms with Crippen molar-refractivity contribution >= 4 is 41.2 Å². The SMILES string of the molecule is CCS(=O)(=O)CCCOc1ccc(S(=O)(=O)Cl)cc1Cl. The van der Waals surface area contributed by atoms with Gasteiger partial charge in [0.25, 0.3) is 9.05 Å². The zero-order chi connectivity index (χ0) is 15.4. The first kappa shape index (κ1) is 17.6. The van der Waals surface area contributed by atoms with Crippen molar-refractivity contribution in [3.63, 3.8) is 0 Å². The summed E-state index contributed by atoms with van der Waals surface area (Å²) in [5.41, 5.74) is 0. The summed E-state index contributed by atoms with van der Waals surface area (Å²) in [5.74, 6) is 0.412. The van der Waals surface area contributed by atoms with Gasteiger partial charge in [0.05, 0.1) is 22.3 Å². The minimum absolute atomic E-state index is 0.0370. The number of hydrogen-bond donors (Lipinski definition) is 0. The van der Waals surface area contributed by atoms with Gasteiger partial charge in [0, 0.05) is 16.4 Å². The van der Waals surface area contributed by atoms with Gasteiger partial charge in [-0.25, -0.2) is 16.8 Å². The molecule has 0 radical (unpaired) electrons. The molecule has 1 rings (SSSR count). The highest BCUT2D eigenvalue weighted by atomic mass is 35.7. The lowest BCUT2D eigenvalue weighted by atomic mass is 10.3. The Hall–Kier alpha value is -0.500. The van der Waals surface area contributed by atoms with E-state index in [2.05, 4.69) is 0 Å². The van der Waals surface area contributed by atoms with E-state index < -0.39 is 18.9 Å². The predicted molar refractivity (Wildman–Crippen MR) is 78.9 cm³/mol. The zero-order valence-corrected chi connectivity index (χ0v) is 13.8. The fourth-order valence-electron chi connectivity index (χ4n) is 1.36. The van der Waals surface area contributed by atoms with Gasteiger partial charge in [0.2, 0.25) is 0 Å². The monoisotopic (exact) mass is 360 g/mol. The molecule has 5 nitrogen and oxygen atoms in total. The van der Waals surface area contributed by atoms with E-state index in [-0.39, 0.29) is 33.8 Å². The number of benzene rings is 1. The molecular weight excluding hydrogens is 347 g/mol. The van der Waals surface area contributed by atoms with Crippen molar-refractivity contribution in [1.29, 1.82) is 0 Å². The molecule has 0 aromatic heterocycles. The standard InChI is InChI=1S/C11H14Cl2O5S2/c1-2-19(14,15)7-3-6-18-11-5-4-9(8-10(11)12)20(13,16)17/h4-5,8H,2-3,6-7H2,1H3. The molecule has 0 N–H and O–H groups in total. The molecule has 1 aromatic rings. The molecule has 20 heavy (non-hydrogen) atoms. The quantitative estimate of drug-likeness (QED) is 0.551. The Morgan fingerprint density at radius 2 is 1.85 bits per heavy atom. The van der Waals surface area contributed by atoms with Gasteiger partial charge in [-0.2, -0.15) is 0 Å². The normalized spacial score (nSPS) is 12.3. The van der Waals surface area contributed by atoms with Crippen molar-refractivity contribution in [2.75, 3.05) is 18.1 Å². The molecule has 0 saturated heterocycles. The number of rotatable bonds is 7. The topological polar surface area (TPSA) is 77.5 Å². The maximum atomic E-state index is 11.3. The van der Waals surface area contributed by atoms with Crippen molar-refractivity contribution in [3.8, 4) is 5.75 Å². The first-order valence-corrected chi connectivity index (χ1v) is 10.2. The summed E-state index contributed by atoms with van der Waals surface area (Å²) >= 11 is 5.87. The highest BCUT2D eigenvalue weighted by Crippen LogP contribution is 2.28. The second-order valence-electron chi connectivity index (χ2n) is 3.97. The average molecular weight is 361 g/mol. The van der Waals surface area contributed by atoms with Crippen LogP contribution in [-0.4, -0.2) is 34.9 Å². The summed E-state index contributed by atoms with van der Waals surface area (Å²) in [4.78, 5) is -0.120. The van der Waals surface area contributed by atoms with Crippen LogP contribution in [0.4, 0.5) is 0 Å². The fourth-order valence-corrected chi connectivity index (χ4v) is 3.28. The first-order valence-electron chi connectivity index (χ1n) is 5.73. The molecule has 0 aliphatic carbocycles. The molecule has 0 atom stereocenters. The van der Waals surface area contributed by atoms with E-state index in [4.69, 9.17) is 27.0 Å². The van der Waals surface area contributed by atoms with Gasteiger partial charge in [-0.1, -0.05) is 18.5 Å². The van der Waals surface area contributed by atoms with Crippen LogP contribution in [0.2, 0.25) is 5.02 Å². The van der Waals surface area contributed by atoms with Gasteiger partial charge in [-0.05, 0) is 24.6 Å². The van der Waals surface area contributed by atoms with Crippen LogP contribution >= 0.6 is 22.3 Å². The molecule has 0 amide bonds. The van der Waals surface area contributed by atoms with Crippen molar-refractivity contribution in [2.45, 2.75) is 18.2 Å². The van der Waals surface area contributed by atoms with Crippen molar-refractivity contribution < 1.29 is 21.6 Å². The van der Waals surface area contributed by atoms with Crippen LogP contribution in [-0.2, 0) is 18.9 Å². The third-order valence-electron chi connectivity index (χ3n) is 2.48. The third kappa shape index (κ3) is 5.47. The van der Waals surface area contributed by atoms with Crippen LogP contribution in [0.25, 0.3) is 0 Å². The molecule has 0 spiro atoms. The van der Waals surface area contributed by atoms with Gasteiger partial charge < -0.3 is 4.74 Å². The van der Waals surface area contributed by atoms with Crippen LogP contribution in [0.1, 0.15) is 13.3 Å². The molecule has 0 bridgehead atoms. The second kappa shape index (κ2) is 6.98. The van der Waals surface area contributed by atoms with E-state index in [0.29, 0.717) is 6.42 Å². The van der Waals surface area contributed by atoms with Crippen LogP contribution in [0, 0.1) is 0 Å². The highest BCUT2D eigenvalue weighted by Gasteiger charge is 2.13. The summed E-state index contributed by atoms with van der Waals surface area (Å²) in [7, 11) is -1.68. The molecule has 1 aromatic carbocycles. The Kier molecular flexibility index (Phi) is 6.12. The molecule has 0 fully saturated rings. The third-order valence-corrected chi connectivity index (χ3v) is 5.92. The maximum absolute atomic E-state index is 11.3. The van der Waals surface area contributed by atoms with E-state index in [1.54, 1.807) is 6.92 Å². The minimum Gasteiger partial charge on any atom is -0.492 e. The minimum atomic E-state index is -3.84. The Morgan fingerprint density at radius 1 is 1.20 bits per heavy atom. The number of hydrogen-bond acceptors (Lipinski definition) is 5. The van der Waals surface area contributed by atoms with Gasteiger partial charge >= 0.3 is 0 Å². The molecule has 0 heterocycles. The van der Waals surface area contributed by atoms with Gasteiger partial charge in [-0.15, -0.1) is 0 Å². The summed E-state index contributed by atoms with van der Waals surface area (Å²) in [6, 6.07) is 3.83. The largest absolute Gasteiger partial charge is 0.492 e. The molecule has 114 valence electrons. The van der Waals surface area contributed by atoms with Gasteiger partial charge in [0.15, 0.2) is 0 Å². The predicted octanol–water partition coefficient (Wildman–Crippen LogP) is 2.47. The van der Waals surface area contributed by atoms with E-state index in [9.17, 15) is 16.8 Å². The molecule has 0 aliphatic heterocycles. The first-order chi connectivity index (χ1) is 9.15. The molecule has 0 unspecified atom stereocenters. The zero-order valence-electron chi connectivity index (χ0n) is 10.7. The summed E-state index contributed by atoms with van der Waals surface area (Å²) in [6.45, 7) is 1.75. The van der Waals surface area contributed by atoms with E-state index in [0.717, 1.165) is 0 Å². The highest BCUT2D eigenvalue weighted by molar-refractivity contribution is 8.13. The Bertz CT molecular complexity index is 668. The summed E-state index contributed by atoms with van der Waals surface area (Å²) < 4.78 is 50.0.